The van der Waals surface area contributed by atoms with Gasteiger partial charge in [0.1, 0.15) is 0 Å². The minimum atomic E-state index is 0.0989. The number of likely N-dealkylation sites (N-methyl/N-ethyl adjacent to an activating group) is 1. The summed E-state index contributed by atoms with van der Waals surface area (Å²) in [6, 6.07) is 16.0. The van der Waals surface area contributed by atoms with Gasteiger partial charge in [-0.05, 0) is 56.3 Å². The lowest BCUT2D eigenvalue weighted by Gasteiger charge is -2.37. The molecule has 1 aliphatic heterocycles. The first-order chi connectivity index (χ1) is 14.2. The van der Waals surface area contributed by atoms with Crippen molar-refractivity contribution in [1.29, 1.82) is 0 Å². The number of pyridine rings is 1. The Balaban J connectivity index is 1.39. The van der Waals surface area contributed by atoms with E-state index >= 15 is 0 Å². The first kappa shape index (κ1) is 19.3. The normalized spacial score (nSPS) is 16.9. The van der Waals surface area contributed by atoms with Crippen molar-refractivity contribution in [1.82, 2.24) is 24.6 Å². The highest BCUT2D eigenvalue weighted by molar-refractivity contribution is 5.94. The molecule has 3 aromatic rings. The lowest BCUT2D eigenvalue weighted by Crippen LogP contribution is -2.49. The van der Waals surface area contributed by atoms with Crippen LogP contribution < -0.4 is 0 Å². The number of nitrogens with zero attached hydrogens (tertiary/aromatic N) is 5. The highest BCUT2D eigenvalue weighted by Gasteiger charge is 2.27. The lowest BCUT2D eigenvalue weighted by atomic mass is 10.0. The van der Waals surface area contributed by atoms with Gasteiger partial charge in [-0.25, -0.2) is 4.68 Å². The van der Waals surface area contributed by atoms with Crippen molar-refractivity contribution in [3.05, 3.63) is 78.4 Å². The van der Waals surface area contributed by atoms with E-state index in [9.17, 15) is 4.79 Å². The third-order valence-electron chi connectivity index (χ3n) is 5.62. The zero-order chi connectivity index (χ0) is 20.1. The van der Waals surface area contributed by atoms with Gasteiger partial charge < -0.3 is 9.80 Å². The van der Waals surface area contributed by atoms with E-state index in [1.165, 1.54) is 0 Å². The predicted octanol–water partition coefficient (Wildman–Crippen LogP) is 3.05. The van der Waals surface area contributed by atoms with Crippen LogP contribution >= 0.6 is 0 Å². The van der Waals surface area contributed by atoms with Crippen molar-refractivity contribution in [2.75, 3.05) is 26.7 Å². The van der Waals surface area contributed by atoms with Gasteiger partial charge >= 0.3 is 0 Å². The molecule has 0 bridgehead atoms. The molecule has 1 fully saturated rings. The Labute approximate surface area is 171 Å². The summed E-state index contributed by atoms with van der Waals surface area (Å²) in [4.78, 5) is 21.9. The van der Waals surface area contributed by atoms with E-state index in [0.717, 1.165) is 55.8 Å². The minimum absolute atomic E-state index is 0.0989. The van der Waals surface area contributed by atoms with Gasteiger partial charge in [0.2, 0.25) is 0 Å². The van der Waals surface area contributed by atoms with E-state index in [1.54, 1.807) is 10.9 Å². The quantitative estimate of drug-likeness (QED) is 0.650. The van der Waals surface area contributed by atoms with Crippen molar-refractivity contribution in [3.8, 4) is 5.69 Å². The average molecular weight is 390 g/mol. The lowest BCUT2D eigenvalue weighted by molar-refractivity contribution is 0.0611. The molecule has 1 saturated heterocycles. The molecule has 2 aromatic heterocycles. The summed E-state index contributed by atoms with van der Waals surface area (Å²) < 4.78 is 1.78. The zero-order valence-corrected chi connectivity index (χ0v) is 16.8. The number of amides is 1. The largest absolute Gasteiger partial charge is 0.337 e. The number of carbonyl (C=O) groups excluding carboxylic acids is 1. The van der Waals surface area contributed by atoms with Gasteiger partial charge in [0.05, 0.1) is 5.69 Å². The van der Waals surface area contributed by atoms with Gasteiger partial charge in [-0.1, -0.05) is 12.1 Å². The van der Waals surface area contributed by atoms with E-state index < -0.39 is 0 Å². The Morgan fingerprint density at radius 2 is 2.10 bits per heavy atom. The van der Waals surface area contributed by atoms with Crippen LogP contribution in [0.15, 0.2) is 67.1 Å². The van der Waals surface area contributed by atoms with E-state index in [2.05, 4.69) is 28.1 Å². The zero-order valence-electron chi connectivity index (χ0n) is 16.8. The molecule has 6 nitrogen and oxygen atoms in total. The highest BCUT2D eigenvalue weighted by Crippen LogP contribution is 2.19. The molecule has 0 spiro atoms. The number of benzene rings is 1. The van der Waals surface area contributed by atoms with Gasteiger partial charge in [0, 0.05) is 61.9 Å². The Bertz CT molecular complexity index is 925. The van der Waals surface area contributed by atoms with Gasteiger partial charge in [0.25, 0.3) is 5.91 Å². The van der Waals surface area contributed by atoms with E-state index in [1.807, 2.05) is 59.8 Å². The number of aromatic nitrogens is 3. The topological polar surface area (TPSA) is 54.3 Å². The molecule has 29 heavy (non-hydrogen) atoms. The summed E-state index contributed by atoms with van der Waals surface area (Å²) in [6.45, 7) is 2.53. The van der Waals surface area contributed by atoms with Crippen LogP contribution in [0.3, 0.4) is 0 Å². The summed E-state index contributed by atoms with van der Waals surface area (Å²) in [5, 5.41) is 4.26. The second kappa shape index (κ2) is 9.01. The van der Waals surface area contributed by atoms with Crippen LogP contribution in [-0.2, 0) is 6.42 Å². The number of likely N-dealkylation sites (tertiary alicyclic amines) is 1. The van der Waals surface area contributed by atoms with Crippen LogP contribution in [0.1, 0.15) is 28.9 Å². The number of rotatable bonds is 6. The highest BCUT2D eigenvalue weighted by atomic mass is 16.2. The van der Waals surface area contributed by atoms with Crippen LogP contribution in [0, 0.1) is 0 Å². The smallest absolute Gasteiger partial charge is 0.253 e. The van der Waals surface area contributed by atoms with Crippen molar-refractivity contribution in [3.63, 3.8) is 0 Å². The summed E-state index contributed by atoms with van der Waals surface area (Å²) in [5.74, 6) is 0.0989. The number of hydrogen-bond donors (Lipinski definition) is 0. The maximum absolute atomic E-state index is 13.1. The van der Waals surface area contributed by atoms with Crippen LogP contribution in [-0.4, -0.2) is 63.2 Å². The number of hydrogen-bond acceptors (Lipinski definition) is 4. The third kappa shape index (κ3) is 4.71. The molecule has 1 amide bonds. The van der Waals surface area contributed by atoms with Gasteiger partial charge in [-0.2, -0.15) is 5.10 Å². The standard InChI is InChI=1S/C23H27N5O/c1-26(16-11-20-8-2-3-12-24-20)22-10-5-14-27(18-22)23(29)19-7-4-9-21(17-19)28-15-6-13-25-28/h2-4,6-9,12-13,15,17,22H,5,10-11,14,16,18H2,1H3. The molecule has 1 aromatic carbocycles. The molecule has 6 heteroatoms. The fourth-order valence-corrected chi connectivity index (χ4v) is 3.90. The fourth-order valence-electron chi connectivity index (χ4n) is 3.90. The SMILES string of the molecule is CN(CCc1ccccn1)C1CCCN(C(=O)c2cccc(-n3cccn3)c2)C1. The molecule has 1 unspecified atom stereocenters. The van der Waals surface area contributed by atoms with E-state index in [4.69, 9.17) is 0 Å². The summed E-state index contributed by atoms with van der Waals surface area (Å²) >= 11 is 0. The van der Waals surface area contributed by atoms with Crippen LogP contribution in [0.5, 0.6) is 0 Å². The molecule has 0 saturated carbocycles. The van der Waals surface area contributed by atoms with Crippen LogP contribution in [0.4, 0.5) is 0 Å². The maximum Gasteiger partial charge on any atom is 0.253 e. The maximum atomic E-state index is 13.1. The van der Waals surface area contributed by atoms with Gasteiger partial charge in [-0.15, -0.1) is 0 Å². The minimum Gasteiger partial charge on any atom is -0.337 e. The molecule has 0 N–H and O–H groups in total. The predicted molar refractivity (Wildman–Crippen MR) is 113 cm³/mol. The number of piperidine rings is 1. The molecular formula is C23H27N5O. The molecular weight excluding hydrogens is 362 g/mol. The van der Waals surface area contributed by atoms with E-state index in [0.29, 0.717) is 6.04 Å². The Hall–Kier alpha value is -2.99. The van der Waals surface area contributed by atoms with Crippen molar-refractivity contribution in [2.45, 2.75) is 25.3 Å². The molecule has 4 rings (SSSR count). The Morgan fingerprint density at radius 3 is 2.90 bits per heavy atom. The van der Waals surface area contributed by atoms with Gasteiger partial charge in [0.15, 0.2) is 0 Å². The number of carbonyl (C=O) groups is 1. The van der Waals surface area contributed by atoms with Crippen molar-refractivity contribution >= 4 is 5.91 Å². The first-order valence-electron chi connectivity index (χ1n) is 10.2. The summed E-state index contributed by atoms with van der Waals surface area (Å²) in [5.41, 5.74) is 2.73. The Morgan fingerprint density at radius 1 is 1.17 bits per heavy atom. The molecule has 1 aliphatic rings. The molecule has 0 radical (unpaired) electrons. The van der Waals surface area contributed by atoms with Gasteiger partial charge in [-0.3, -0.25) is 9.78 Å². The monoisotopic (exact) mass is 389 g/mol. The molecule has 3 heterocycles. The Kier molecular flexibility index (Phi) is 6.00. The molecule has 1 atom stereocenters. The second-order valence-corrected chi connectivity index (χ2v) is 7.60. The van der Waals surface area contributed by atoms with Crippen molar-refractivity contribution < 1.29 is 4.79 Å². The molecule has 0 aliphatic carbocycles. The van der Waals surface area contributed by atoms with E-state index in [-0.39, 0.29) is 5.91 Å². The van der Waals surface area contributed by atoms with Crippen molar-refractivity contribution in [2.24, 2.45) is 0 Å². The first-order valence-corrected chi connectivity index (χ1v) is 10.2. The fraction of sp³-hybridized carbons (Fsp3) is 0.348. The van der Waals surface area contributed by atoms with Crippen LogP contribution in [0.2, 0.25) is 0 Å². The van der Waals surface area contributed by atoms with Crippen LogP contribution in [0.25, 0.3) is 5.69 Å². The average Bonchev–Trinajstić information content (AvgIpc) is 3.33. The second-order valence-electron chi connectivity index (χ2n) is 7.60. The molecule has 150 valence electrons. The third-order valence-corrected chi connectivity index (χ3v) is 5.62. The summed E-state index contributed by atoms with van der Waals surface area (Å²) in [6.07, 6.45) is 8.54. The summed E-state index contributed by atoms with van der Waals surface area (Å²) in [7, 11) is 2.15.